The zero-order valence-corrected chi connectivity index (χ0v) is 22.1. The predicted octanol–water partition coefficient (Wildman–Crippen LogP) is 6.29. The lowest BCUT2D eigenvalue weighted by atomic mass is 9.90. The van der Waals surface area contributed by atoms with Gasteiger partial charge in [0.15, 0.2) is 11.5 Å². The number of rotatable bonds is 5. The number of carbonyl (C=O) groups excluding carboxylic acids is 1. The quantitative estimate of drug-likeness (QED) is 0.329. The number of fused-ring (bicyclic) bond motifs is 2. The summed E-state index contributed by atoms with van der Waals surface area (Å²) in [6, 6.07) is 16.4. The van der Waals surface area contributed by atoms with Gasteiger partial charge in [-0.25, -0.2) is 4.99 Å². The van der Waals surface area contributed by atoms with Gasteiger partial charge in [0, 0.05) is 46.5 Å². The highest BCUT2D eigenvalue weighted by Gasteiger charge is 2.27. The Kier molecular flexibility index (Phi) is 6.45. The molecule has 1 amide bonds. The van der Waals surface area contributed by atoms with Gasteiger partial charge >= 0.3 is 0 Å². The van der Waals surface area contributed by atoms with Gasteiger partial charge in [0.05, 0.1) is 19.9 Å². The van der Waals surface area contributed by atoms with E-state index in [1.165, 1.54) is 16.8 Å². The van der Waals surface area contributed by atoms with Crippen molar-refractivity contribution in [2.24, 2.45) is 4.99 Å². The predicted molar refractivity (Wildman–Crippen MR) is 149 cm³/mol. The van der Waals surface area contributed by atoms with Crippen LogP contribution in [0, 0.1) is 0 Å². The topological polar surface area (TPSA) is 76.3 Å². The number of benzene rings is 3. The minimum Gasteiger partial charge on any atom is -0.493 e. The lowest BCUT2D eigenvalue weighted by Crippen LogP contribution is -2.34. The molecule has 6 rings (SSSR count). The van der Waals surface area contributed by atoms with Crippen LogP contribution in [0.4, 0.5) is 17.1 Å². The highest BCUT2D eigenvalue weighted by molar-refractivity contribution is 6.30. The van der Waals surface area contributed by atoms with Gasteiger partial charge < -0.3 is 24.1 Å². The standard InChI is InChI=1S/C30H28ClN3O4/c1-36-25-12-11-22(17-26(25)37-2)32-29(35)24-16-19-15-18-5-3-13-34-14-4-6-23(27(18)34)28(19)38-30(24)33-21-9-7-20(31)8-10-21/h7-12,15-17H,3-6,13-14H2,1-2H3,(H,32,35). The Morgan fingerprint density at radius 2 is 1.74 bits per heavy atom. The SMILES string of the molecule is COc1ccc(NC(=O)c2cc3cc4c5c(c3oc2=Nc2ccc(Cl)cc2)CCCN5CCC4)cc1OC. The molecule has 0 saturated heterocycles. The van der Waals surface area contributed by atoms with Crippen LogP contribution >= 0.6 is 11.6 Å². The van der Waals surface area contributed by atoms with E-state index in [4.69, 9.17) is 30.5 Å². The van der Waals surface area contributed by atoms with Gasteiger partial charge in [-0.05, 0) is 79.8 Å². The summed E-state index contributed by atoms with van der Waals surface area (Å²) in [6.45, 7) is 2.14. The van der Waals surface area contributed by atoms with Crippen LogP contribution in [0.25, 0.3) is 11.0 Å². The van der Waals surface area contributed by atoms with Crippen LogP contribution in [0.3, 0.4) is 0 Å². The summed E-state index contributed by atoms with van der Waals surface area (Å²) in [5.74, 6) is 0.774. The van der Waals surface area contributed by atoms with Crippen molar-refractivity contribution in [3.05, 3.63) is 81.9 Å². The van der Waals surface area contributed by atoms with Crippen molar-refractivity contribution in [1.82, 2.24) is 0 Å². The molecule has 194 valence electrons. The van der Waals surface area contributed by atoms with Crippen molar-refractivity contribution in [2.75, 3.05) is 37.5 Å². The number of hydrogen-bond donors (Lipinski definition) is 1. The second-order valence-electron chi connectivity index (χ2n) is 9.55. The summed E-state index contributed by atoms with van der Waals surface area (Å²) in [4.78, 5) is 20.9. The first-order valence-electron chi connectivity index (χ1n) is 12.8. The molecule has 0 atom stereocenters. The molecular formula is C30H28ClN3O4. The van der Waals surface area contributed by atoms with Crippen LogP contribution < -0.4 is 25.2 Å². The smallest absolute Gasteiger partial charge is 0.261 e. The minimum absolute atomic E-state index is 0.252. The molecule has 0 radical (unpaired) electrons. The van der Waals surface area contributed by atoms with Gasteiger partial charge in [0.1, 0.15) is 11.1 Å². The van der Waals surface area contributed by atoms with Crippen LogP contribution in [-0.4, -0.2) is 33.2 Å². The molecule has 3 aromatic carbocycles. The van der Waals surface area contributed by atoms with Gasteiger partial charge in [-0.3, -0.25) is 4.79 Å². The van der Waals surface area contributed by atoms with Crippen molar-refractivity contribution in [3.8, 4) is 11.5 Å². The van der Waals surface area contributed by atoms with E-state index in [1.54, 1.807) is 56.7 Å². The second kappa shape index (κ2) is 10.1. The molecule has 2 aliphatic heterocycles. The lowest BCUT2D eigenvalue weighted by Gasteiger charge is -2.37. The van der Waals surface area contributed by atoms with Gasteiger partial charge in [-0.1, -0.05) is 11.6 Å². The molecule has 0 fully saturated rings. The molecular weight excluding hydrogens is 502 g/mol. The maximum absolute atomic E-state index is 13.7. The summed E-state index contributed by atoms with van der Waals surface area (Å²) >= 11 is 6.09. The minimum atomic E-state index is -0.330. The number of nitrogens with one attached hydrogen (secondary N) is 1. The molecule has 0 bridgehead atoms. The molecule has 3 heterocycles. The largest absolute Gasteiger partial charge is 0.493 e. The van der Waals surface area contributed by atoms with Gasteiger partial charge in [-0.2, -0.15) is 0 Å². The van der Waals surface area contributed by atoms with Crippen LogP contribution in [0.5, 0.6) is 11.5 Å². The molecule has 8 heteroatoms. The van der Waals surface area contributed by atoms with Crippen molar-refractivity contribution >= 4 is 45.5 Å². The molecule has 38 heavy (non-hydrogen) atoms. The van der Waals surface area contributed by atoms with E-state index in [2.05, 4.69) is 16.3 Å². The number of ether oxygens (including phenoxy) is 2. The van der Waals surface area contributed by atoms with Crippen LogP contribution in [0.2, 0.25) is 5.02 Å². The van der Waals surface area contributed by atoms with Crippen molar-refractivity contribution < 1.29 is 18.7 Å². The third-order valence-corrected chi connectivity index (χ3v) is 7.43. The van der Waals surface area contributed by atoms with E-state index in [-0.39, 0.29) is 11.5 Å². The summed E-state index contributed by atoms with van der Waals surface area (Å²) in [5, 5.41) is 4.49. The third kappa shape index (κ3) is 4.47. The van der Waals surface area contributed by atoms with Gasteiger partial charge in [0.25, 0.3) is 5.91 Å². The van der Waals surface area contributed by atoms with Crippen molar-refractivity contribution in [3.63, 3.8) is 0 Å². The monoisotopic (exact) mass is 529 g/mol. The number of nitrogens with zero attached hydrogens (tertiary/aromatic N) is 2. The zero-order valence-electron chi connectivity index (χ0n) is 21.3. The Morgan fingerprint density at radius 3 is 2.50 bits per heavy atom. The fourth-order valence-electron chi connectivity index (χ4n) is 5.44. The number of hydrogen-bond acceptors (Lipinski definition) is 6. The Hall–Kier alpha value is -3.97. The molecule has 0 unspecified atom stereocenters. The average Bonchev–Trinajstić information content (AvgIpc) is 2.94. The maximum Gasteiger partial charge on any atom is 0.261 e. The molecule has 4 aromatic rings. The summed E-state index contributed by atoms with van der Waals surface area (Å²) in [6.07, 6.45) is 4.17. The number of aryl methyl sites for hydroxylation is 2. The van der Waals surface area contributed by atoms with E-state index >= 15 is 0 Å². The van der Waals surface area contributed by atoms with Crippen molar-refractivity contribution in [2.45, 2.75) is 25.7 Å². The van der Waals surface area contributed by atoms with E-state index in [0.29, 0.717) is 33.5 Å². The number of anilines is 2. The average molecular weight is 530 g/mol. The first-order valence-corrected chi connectivity index (χ1v) is 13.1. The van der Waals surface area contributed by atoms with Gasteiger partial charge in [0.2, 0.25) is 5.55 Å². The fourth-order valence-corrected chi connectivity index (χ4v) is 5.57. The highest BCUT2D eigenvalue weighted by atomic mass is 35.5. The van der Waals surface area contributed by atoms with Crippen LogP contribution in [-0.2, 0) is 12.8 Å². The number of halogens is 1. The fraction of sp³-hybridized carbons (Fsp3) is 0.267. The Morgan fingerprint density at radius 1 is 0.974 bits per heavy atom. The number of carbonyl (C=O) groups is 1. The lowest BCUT2D eigenvalue weighted by molar-refractivity contribution is 0.102. The maximum atomic E-state index is 13.7. The zero-order chi connectivity index (χ0) is 26.2. The number of amides is 1. The van der Waals surface area contributed by atoms with E-state index in [0.717, 1.165) is 49.7 Å². The van der Waals surface area contributed by atoms with Gasteiger partial charge in [-0.15, -0.1) is 0 Å². The first-order chi connectivity index (χ1) is 18.5. The second-order valence-corrected chi connectivity index (χ2v) is 9.99. The van der Waals surface area contributed by atoms with E-state index in [9.17, 15) is 4.79 Å². The molecule has 2 aliphatic rings. The Balaban J connectivity index is 1.51. The summed E-state index contributed by atoms with van der Waals surface area (Å²) in [5.41, 5.74) is 6.45. The highest BCUT2D eigenvalue weighted by Crippen LogP contribution is 2.40. The van der Waals surface area contributed by atoms with Crippen LogP contribution in [0.1, 0.15) is 34.3 Å². The summed E-state index contributed by atoms with van der Waals surface area (Å²) in [7, 11) is 3.13. The molecule has 1 aromatic heterocycles. The molecule has 1 N–H and O–H groups in total. The molecule has 0 aliphatic carbocycles. The Bertz CT molecular complexity index is 1610. The normalized spacial score (nSPS) is 14.8. The summed E-state index contributed by atoms with van der Waals surface area (Å²) < 4.78 is 17.2. The first kappa shape index (κ1) is 24.4. The number of methoxy groups -OCH3 is 2. The van der Waals surface area contributed by atoms with Crippen LogP contribution in [0.15, 0.2) is 64.0 Å². The van der Waals surface area contributed by atoms with Crippen molar-refractivity contribution in [1.29, 1.82) is 0 Å². The third-order valence-electron chi connectivity index (χ3n) is 7.17. The van der Waals surface area contributed by atoms with E-state index in [1.807, 2.05) is 6.07 Å². The molecule has 0 spiro atoms. The Labute approximate surface area is 225 Å². The molecule has 0 saturated carbocycles. The van der Waals surface area contributed by atoms with E-state index < -0.39 is 0 Å². The molecule has 7 nitrogen and oxygen atoms in total.